The number of amides is 1. The maximum Gasteiger partial charge on any atom is 0.355 e. The highest BCUT2D eigenvalue weighted by molar-refractivity contribution is 5.99. The van der Waals surface area contributed by atoms with E-state index >= 15 is 0 Å². The van der Waals surface area contributed by atoms with Gasteiger partial charge in [0.15, 0.2) is 6.10 Å². The number of carbonyl (C=O) groups excluding carboxylic acids is 3. The molecule has 0 aliphatic carbocycles. The van der Waals surface area contributed by atoms with Crippen LogP contribution in [0.1, 0.15) is 52.9 Å². The topological polar surface area (TPSA) is 88.7 Å². The van der Waals surface area contributed by atoms with E-state index in [1.165, 1.54) is 11.8 Å². The second-order valence-electron chi connectivity index (χ2n) is 5.86. The number of aryl methyl sites for hydroxylation is 1. The maximum atomic E-state index is 12.2. The molecule has 0 unspecified atom stereocenters. The van der Waals surface area contributed by atoms with E-state index in [0.717, 1.165) is 0 Å². The molecular weight excluding hydrogens is 300 g/mol. The summed E-state index contributed by atoms with van der Waals surface area (Å²) in [5.41, 5.74) is 1.43. The number of H-pyrrole nitrogens is 1. The van der Waals surface area contributed by atoms with E-state index in [-0.39, 0.29) is 17.7 Å². The third-order valence-electron chi connectivity index (χ3n) is 3.26. The molecule has 1 atom stereocenters. The molecule has 23 heavy (non-hydrogen) atoms. The lowest BCUT2D eigenvalue weighted by molar-refractivity contribution is -0.137. The van der Waals surface area contributed by atoms with Crippen molar-refractivity contribution in [1.29, 1.82) is 0 Å². The standard InChI is InChI=1S/C16H24N2O5/c1-8(2)22-15(20)12-9(3)13(17-10(12)4)16(21)23-11(5)14(19)18(6)7/h8,11,17H,1-7H3/t11-/m0/s1. The highest BCUT2D eigenvalue weighted by atomic mass is 16.6. The van der Waals surface area contributed by atoms with Crippen LogP contribution >= 0.6 is 0 Å². The Morgan fingerprint density at radius 1 is 1.00 bits per heavy atom. The summed E-state index contributed by atoms with van der Waals surface area (Å²) in [4.78, 5) is 40.3. The molecule has 1 aromatic rings. The lowest BCUT2D eigenvalue weighted by Crippen LogP contribution is -2.35. The predicted molar refractivity (Wildman–Crippen MR) is 84.4 cm³/mol. The monoisotopic (exact) mass is 324 g/mol. The van der Waals surface area contributed by atoms with E-state index in [0.29, 0.717) is 16.8 Å². The van der Waals surface area contributed by atoms with Crippen molar-refractivity contribution >= 4 is 17.8 Å². The van der Waals surface area contributed by atoms with Crippen LogP contribution in [-0.2, 0) is 14.3 Å². The Balaban J connectivity index is 3.00. The Labute approximate surface area is 135 Å². The van der Waals surface area contributed by atoms with Gasteiger partial charge >= 0.3 is 11.9 Å². The van der Waals surface area contributed by atoms with Gasteiger partial charge in [0.2, 0.25) is 0 Å². The van der Waals surface area contributed by atoms with Crippen molar-refractivity contribution in [3.05, 3.63) is 22.5 Å². The fourth-order valence-corrected chi connectivity index (χ4v) is 2.17. The maximum absolute atomic E-state index is 12.2. The molecule has 0 fully saturated rings. The van der Waals surface area contributed by atoms with Gasteiger partial charge in [-0.3, -0.25) is 4.79 Å². The predicted octanol–water partition coefficient (Wildman–Crippen LogP) is 1.83. The first-order valence-corrected chi connectivity index (χ1v) is 7.38. The molecule has 0 saturated heterocycles. The number of carbonyl (C=O) groups is 3. The summed E-state index contributed by atoms with van der Waals surface area (Å²) < 4.78 is 10.3. The first-order chi connectivity index (χ1) is 10.6. The van der Waals surface area contributed by atoms with Gasteiger partial charge in [0.05, 0.1) is 11.7 Å². The molecule has 1 aromatic heterocycles. The van der Waals surface area contributed by atoms with Crippen molar-refractivity contribution < 1.29 is 23.9 Å². The van der Waals surface area contributed by atoms with Crippen LogP contribution < -0.4 is 0 Å². The molecule has 1 rings (SSSR count). The molecule has 7 heteroatoms. The van der Waals surface area contributed by atoms with E-state index in [1.807, 2.05) is 0 Å². The third kappa shape index (κ3) is 4.34. The molecule has 7 nitrogen and oxygen atoms in total. The normalized spacial score (nSPS) is 12.0. The molecule has 0 aromatic carbocycles. The number of ether oxygens (including phenoxy) is 2. The number of esters is 2. The van der Waals surface area contributed by atoms with Gasteiger partial charge < -0.3 is 19.4 Å². The molecule has 1 amide bonds. The summed E-state index contributed by atoms with van der Waals surface area (Å²) in [7, 11) is 3.16. The quantitative estimate of drug-likeness (QED) is 0.835. The van der Waals surface area contributed by atoms with Gasteiger partial charge in [-0.1, -0.05) is 0 Å². The molecule has 0 radical (unpaired) electrons. The molecule has 0 saturated carbocycles. The zero-order valence-corrected chi connectivity index (χ0v) is 14.6. The number of aromatic nitrogens is 1. The summed E-state index contributed by atoms with van der Waals surface area (Å²) in [6.45, 7) is 8.31. The van der Waals surface area contributed by atoms with Crippen molar-refractivity contribution in [2.24, 2.45) is 0 Å². The van der Waals surface area contributed by atoms with Gasteiger partial charge in [0.25, 0.3) is 5.91 Å². The minimum Gasteiger partial charge on any atom is -0.459 e. The first kappa shape index (κ1) is 18.7. The van der Waals surface area contributed by atoms with Crippen molar-refractivity contribution in [3.8, 4) is 0 Å². The lowest BCUT2D eigenvalue weighted by Gasteiger charge is -2.17. The fourth-order valence-electron chi connectivity index (χ4n) is 2.17. The van der Waals surface area contributed by atoms with Crippen LogP contribution in [-0.4, -0.2) is 54.0 Å². The van der Waals surface area contributed by atoms with Gasteiger partial charge in [-0.15, -0.1) is 0 Å². The molecule has 0 aliphatic heterocycles. The number of rotatable bonds is 5. The van der Waals surface area contributed by atoms with Gasteiger partial charge in [-0.05, 0) is 40.2 Å². The number of nitrogens with one attached hydrogen (secondary N) is 1. The number of aromatic amines is 1. The van der Waals surface area contributed by atoms with Crippen LogP contribution in [0.25, 0.3) is 0 Å². The number of hydrogen-bond donors (Lipinski definition) is 1. The van der Waals surface area contributed by atoms with Crippen molar-refractivity contribution in [2.45, 2.75) is 46.8 Å². The Morgan fingerprint density at radius 2 is 1.57 bits per heavy atom. The van der Waals surface area contributed by atoms with Gasteiger partial charge in [0, 0.05) is 19.8 Å². The number of nitrogens with zero attached hydrogens (tertiary/aromatic N) is 1. The summed E-state index contributed by atoms with van der Waals surface area (Å²) >= 11 is 0. The highest BCUT2D eigenvalue weighted by Crippen LogP contribution is 2.21. The Bertz CT molecular complexity index is 616. The third-order valence-corrected chi connectivity index (χ3v) is 3.26. The SMILES string of the molecule is Cc1[nH]c(C(=O)O[C@@H](C)C(=O)N(C)C)c(C)c1C(=O)OC(C)C. The summed E-state index contributed by atoms with van der Waals surface area (Å²) in [5.74, 6) is -1.50. The van der Waals surface area contributed by atoms with E-state index < -0.39 is 18.0 Å². The molecule has 0 bridgehead atoms. The zero-order valence-electron chi connectivity index (χ0n) is 14.6. The average Bonchev–Trinajstić information content (AvgIpc) is 2.72. The van der Waals surface area contributed by atoms with Crippen molar-refractivity contribution in [3.63, 3.8) is 0 Å². The van der Waals surface area contributed by atoms with Crippen molar-refractivity contribution in [1.82, 2.24) is 9.88 Å². The minimum atomic E-state index is -0.911. The van der Waals surface area contributed by atoms with Crippen LogP contribution in [0.5, 0.6) is 0 Å². The molecule has 1 heterocycles. The van der Waals surface area contributed by atoms with Crippen LogP contribution in [0.2, 0.25) is 0 Å². The Kier molecular flexibility index (Phi) is 5.95. The fraction of sp³-hybridized carbons (Fsp3) is 0.562. The van der Waals surface area contributed by atoms with Crippen molar-refractivity contribution in [2.75, 3.05) is 14.1 Å². The van der Waals surface area contributed by atoms with Gasteiger partial charge in [0.1, 0.15) is 5.69 Å². The highest BCUT2D eigenvalue weighted by Gasteiger charge is 2.27. The molecule has 128 valence electrons. The largest absolute Gasteiger partial charge is 0.459 e. The summed E-state index contributed by atoms with van der Waals surface area (Å²) in [6.07, 6.45) is -1.17. The summed E-state index contributed by atoms with van der Waals surface area (Å²) in [6, 6.07) is 0. The second kappa shape index (κ2) is 7.30. The van der Waals surface area contributed by atoms with E-state index in [1.54, 1.807) is 41.8 Å². The molecule has 0 aliphatic rings. The Morgan fingerprint density at radius 3 is 2.04 bits per heavy atom. The molecule has 1 N–H and O–H groups in total. The number of likely N-dealkylation sites (N-methyl/N-ethyl adjacent to an activating group) is 1. The van der Waals surface area contributed by atoms with Crippen LogP contribution in [0.3, 0.4) is 0 Å². The van der Waals surface area contributed by atoms with E-state index in [2.05, 4.69) is 4.98 Å². The number of hydrogen-bond acceptors (Lipinski definition) is 5. The van der Waals surface area contributed by atoms with Crippen LogP contribution in [0.15, 0.2) is 0 Å². The van der Waals surface area contributed by atoms with Crippen LogP contribution in [0.4, 0.5) is 0 Å². The first-order valence-electron chi connectivity index (χ1n) is 7.38. The smallest absolute Gasteiger partial charge is 0.355 e. The van der Waals surface area contributed by atoms with E-state index in [4.69, 9.17) is 9.47 Å². The molecular formula is C16H24N2O5. The summed E-state index contributed by atoms with van der Waals surface area (Å²) in [5, 5.41) is 0. The lowest BCUT2D eigenvalue weighted by atomic mass is 10.1. The van der Waals surface area contributed by atoms with Gasteiger partial charge in [-0.25, -0.2) is 9.59 Å². The Hall–Kier alpha value is -2.31. The van der Waals surface area contributed by atoms with Gasteiger partial charge in [-0.2, -0.15) is 0 Å². The minimum absolute atomic E-state index is 0.150. The van der Waals surface area contributed by atoms with Crippen LogP contribution in [0, 0.1) is 13.8 Å². The second-order valence-corrected chi connectivity index (χ2v) is 5.86. The van der Waals surface area contributed by atoms with E-state index in [9.17, 15) is 14.4 Å². The zero-order chi connectivity index (χ0) is 17.9. The molecule has 0 spiro atoms. The average molecular weight is 324 g/mol.